The average molecular weight is 344 g/mol. The van der Waals surface area contributed by atoms with E-state index in [-0.39, 0.29) is 17.4 Å². The van der Waals surface area contributed by atoms with Crippen LogP contribution in [0.2, 0.25) is 0 Å². The van der Waals surface area contributed by atoms with Crippen molar-refractivity contribution in [3.8, 4) is 0 Å². The summed E-state index contributed by atoms with van der Waals surface area (Å²) >= 11 is 0. The van der Waals surface area contributed by atoms with Gasteiger partial charge in [-0.1, -0.05) is 43.7 Å². The lowest BCUT2D eigenvalue weighted by Crippen LogP contribution is -2.43. The summed E-state index contributed by atoms with van der Waals surface area (Å²) in [5.74, 6) is 0.237. The Morgan fingerprint density at radius 3 is 2.60 bits per heavy atom. The smallest absolute Gasteiger partial charge is 0.238 e. The Kier molecular flexibility index (Phi) is 6.13. The molecule has 1 aromatic rings. The first-order valence-electron chi connectivity index (χ1n) is 9.92. The zero-order chi connectivity index (χ0) is 17.7. The van der Waals surface area contributed by atoms with Crippen molar-refractivity contribution in [1.82, 2.24) is 10.0 Å². The van der Waals surface area contributed by atoms with Gasteiger partial charge in [0.1, 0.15) is 0 Å². The molecule has 1 amide bonds. The van der Waals surface area contributed by atoms with Gasteiger partial charge in [-0.25, -0.2) is 5.01 Å². The third-order valence-electron chi connectivity index (χ3n) is 6.32. The van der Waals surface area contributed by atoms with E-state index in [0.717, 1.165) is 45.3 Å². The standard InChI is InChI=1S/C21H32N2O2/c1-2-21(13-7-14-21)19(24)10-6-15-22-16-12-20(25)23(22)17-11-18-8-4-3-5-9-18/h3-5,8-9,19,24H,2,6-7,10-17H2,1H3/t19-/m0/s1. The molecule has 1 atom stereocenters. The number of aliphatic hydroxyl groups is 1. The van der Waals surface area contributed by atoms with Crippen LogP contribution in [0.5, 0.6) is 0 Å². The van der Waals surface area contributed by atoms with Crippen LogP contribution in [0.4, 0.5) is 0 Å². The van der Waals surface area contributed by atoms with E-state index in [1.165, 1.54) is 24.8 Å². The van der Waals surface area contributed by atoms with Crippen LogP contribution in [0, 0.1) is 5.41 Å². The summed E-state index contributed by atoms with van der Waals surface area (Å²) in [5.41, 5.74) is 1.46. The Hall–Kier alpha value is -1.39. The van der Waals surface area contributed by atoms with Gasteiger partial charge in [0.05, 0.1) is 6.10 Å². The Morgan fingerprint density at radius 2 is 1.96 bits per heavy atom. The molecule has 138 valence electrons. The molecule has 0 aromatic heterocycles. The molecule has 1 saturated heterocycles. The molecule has 25 heavy (non-hydrogen) atoms. The molecular formula is C21H32N2O2. The fraction of sp³-hybridized carbons (Fsp3) is 0.667. The minimum absolute atomic E-state index is 0.178. The van der Waals surface area contributed by atoms with E-state index >= 15 is 0 Å². The van der Waals surface area contributed by atoms with E-state index < -0.39 is 0 Å². The van der Waals surface area contributed by atoms with Gasteiger partial charge in [-0.05, 0) is 49.5 Å². The second kappa shape index (κ2) is 8.33. The molecule has 1 aliphatic heterocycles. The summed E-state index contributed by atoms with van der Waals surface area (Å²) in [4.78, 5) is 12.2. The first kappa shape index (κ1) is 18.4. The van der Waals surface area contributed by atoms with Crippen LogP contribution in [-0.2, 0) is 11.2 Å². The maximum Gasteiger partial charge on any atom is 0.238 e. The summed E-state index contributed by atoms with van der Waals surface area (Å²) < 4.78 is 0. The first-order valence-corrected chi connectivity index (χ1v) is 9.92. The van der Waals surface area contributed by atoms with E-state index in [4.69, 9.17) is 0 Å². The van der Waals surface area contributed by atoms with Crippen LogP contribution in [0.15, 0.2) is 30.3 Å². The Labute approximate surface area is 151 Å². The molecule has 4 heteroatoms. The molecule has 0 radical (unpaired) electrons. The van der Waals surface area contributed by atoms with Gasteiger partial charge in [0.2, 0.25) is 5.91 Å². The number of nitrogens with zero attached hydrogens (tertiary/aromatic N) is 2. The molecule has 1 aliphatic carbocycles. The Morgan fingerprint density at radius 1 is 1.20 bits per heavy atom. The molecular weight excluding hydrogens is 312 g/mol. The number of aliphatic hydroxyl groups excluding tert-OH is 1. The summed E-state index contributed by atoms with van der Waals surface area (Å²) in [6, 6.07) is 10.3. The lowest BCUT2D eigenvalue weighted by Gasteiger charge is -2.45. The van der Waals surface area contributed by atoms with Crippen molar-refractivity contribution >= 4 is 5.91 Å². The normalized spacial score (nSPS) is 21.4. The van der Waals surface area contributed by atoms with Gasteiger partial charge >= 0.3 is 0 Å². The number of hydrogen-bond acceptors (Lipinski definition) is 3. The number of rotatable bonds is 9. The Bertz CT molecular complexity index is 551. The quantitative estimate of drug-likeness (QED) is 0.747. The maximum atomic E-state index is 12.2. The third kappa shape index (κ3) is 4.24. The fourth-order valence-electron chi connectivity index (χ4n) is 4.34. The number of hydrogen-bond donors (Lipinski definition) is 1. The number of carbonyl (C=O) groups excluding carboxylic acids is 1. The van der Waals surface area contributed by atoms with Crippen molar-refractivity contribution in [3.63, 3.8) is 0 Å². The molecule has 0 bridgehead atoms. The summed E-state index contributed by atoms with van der Waals surface area (Å²) in [6.07, 6.45) is 7.84. The molecule has 4 nitrogen and oxygen atoms in total. The van der Waals surface area contributed by atoms with Crippen LogP contribution in [0.3, 0.4) is 0 Å². The summed E-state index contributed by atoms with van der Waals surface area (Å²) in [6.45, 7) is 4.65. The Balaban J connectivity index is 1.45. The van der Waals surface area contributed by atoms with Gasteiger partial charge in [0.15, 0.2) is 0 Å². The SMILES string of the molecule is CCC1([C@@H](O)CCCN2CCC(=O)N2CCc2ccccc2)CCC1. The second-order valence-electron chi connectivity index (χ2n) is 7.68. The minimum atomic E-state index is -0.178. The monoisotopic (exact) mass is 344 g/mol. The van der Waals surface area contributed by atoms with Crippen molar-refractivity contribution in [2.45, 2.75) is 64.4 Å². The average Bonchev–Trinajstić information content (AvgIpc) is 2.93. The molecule has 1 N–H and O–H groups in total. The minimum Gasteiger partial charge on any atom is -0.393 e. The molecule has 3 rings (SSSR count). The maximum absolute atomic E-state index is 12.2. The van der Waals surface area contributed by atoms with Gasteiger partial charge in [-0.15, -0.1) is 0 Å². The van der Waals surface area contributed by atoms with Crippen molar-refractivity contribution in [3.05, 3.63) is 35.9 Å². The summed E-state index contributed by atoms with van der Waals surface area (Å²) in [5, 5.41) is 14.7. The van der Waals surface area contributed by atoms with E-state index in [1.807, 2.05) is 23.2 Å². The van der Waals surface area contributed by atoms with E-state index in [1.54, 1.807) is 0 Å². The zero-order valence-electron chi connectivity index (χ0n) is 15.5. The molecule has 1 heterocycles. The topological polar surface area (TPSA) is 43.8 Å². The van der Waals surface area contributed by atoms with E-state index in [9.17, 15) is 9.90 Å². The van der Waals surface area contributed by atoms with Crippen molar-refractivity contribution in [2.24, 2.45) is 5.41 Å². The molecule has 0 unspecified atom stereocenters. The van der Waals surface area contributed by atoms with Crippen LogP contribution in [0.1, 0.15) is 57.4 Å². The van der Waals surface area contributed by atoms with Crippen LogP contribution in [0.25, 0.3) is 0 Å². The number of benzene rings is 1. The second-order valence-corrected chi connectivity index (χ2v) is 7.68. The highest BCUT2D eigenvalue weighted by Gasteiger charge is 2.41. The molecule has 1 aromatic carbocycles. The van der Waals surface area contributed by atoms with Gasteiger partial charge in [0.25, 0.3) is 0 Å². The van der Waals surface area contributed by atoms with Gasteiger partial charge in [-0.3, -0.25) is 9.80 Å². The van der Waals surface area contributed by atoms with E-state index in [0.29, 0.717) is 6.42 Å². The fourth-order valence-corrected chi connectivity index (χ4v) is 4.34. The van der Waals surface area contributed by atoms with Gasteiger partial charge in [-0.2, -0.15) is 0 Å². The molecule has 2 fully saturated rings. The third-order valence-corrected chi connectivity index (χ3v) is 6.32. The summed E-state index contributed by atoms with van der Waals surface area (Å²) in [7, 11) is 0. The zero-order valence-corrected chi connectivity index (χ0v) is 15.5. The van der Waals surface area contributed by atoms with Crippen molar-refractivity contribution in [2.75, 3.05) is 19.6 Å². The predicted octanol–water partition coefficient (Wildman–Crippen LogP) is 3.40. The van der Waals surface area contributed by atoms with Crippen LogP contribution < -0.4 is 0 Å². The lowest BCUT2D eigenvalue weighted by molar-refractivity contribution is -0.138. The van der Waals surface area contributed by atoms with Gasteiger partial charge in [0, 0.05) is 26.1 Å². The molecule has 2 aliphatic rings. The molecule has 0 spiro atoms. The molecule has 1 saturated carbocycles. The highest BCUT2D eigenvalue weighted by Crippen LogP contribution is 2.47. The van der Waals surface area contributed by atoms with Crippen molar-refractivity contribution in [1.29, 1.82) is 0 Å². The highest BCUT2D eigenvalue weighted by molar-refractivity contribution is 5.77. The van der Waals surface area contributed by atoms with E-state index in [2.05, 4.69) is 24.1 Å². The lowest BCUT2D eigenvalue weighted by atomic mass is 9.62. The largest absolute Gasteiger partial charge is 0.393 e. The van der Waals surface area contributed by atoms with Gasteiger partial charge < -0.3 is 5.11 Å². The number of hydrazine groups is 1. The van der Waals surface area contributed by atoms with Crippen LogP contribution >= 0.6 is 0 Å². The first-order chi connectivity index (χ1) is 12.1. The van der Waals surface area contributed by atoms with Crippen LogP contribution in [-0.4, -0.2) is 46.8 Å². The van der Waals surface area contributed by atoms with Crippen molar-refractivity contribution < 1.29 is 9.90 Å². The predicted molar refractivity (Wildman–Crippen MR) is 99.9 cm³/mol. The number of amides is 1. The highest BCUT2D eigenvalue weighted by atomic mass is 16.3. The number of carbonyl (C=O) groups is 1.